The van der Waals surface area contributed by atoms with Gasteiger partial charge in [0.1, 0.15) is 6.61 Å². The summed E-state index contributed by atoms with van der Waals surface area (Å²) in [6, 6.07) is 5.77. The van der Waals surface area contributed by atoms with Gasteiger partial charge in [0.2, 0.25) is 0 Å². The Bertz CT molecular complexity index is 565. The van der Waals surface area contributed by atoms with Crippen LogP contribution in [0.25, 0.3) is 0 Å². The molecule has 1 rings (SSSR count). The molecule has 23 heavy (non-hydrogen) atoms. The van der Waals surface area contributed by atoms with Crippen molar-refractivity contribution in [1.82, 2.24) is 0 Å². The molecule has 1 aromatic carbocycles. The fraction of sp³-hybridized carbons (Fsp3) is 0.375. The minimum absolute atomic E-state index is 0.0371. The molecular weight excluding hydrogens is 320 g/mol. The number of aliphatic hydroxyl groups is 1. The standard InChI is InChI=1S/C16H20O6S/c1-11(23)9-21-8-4-5-12(17)10-22-16(20)14-7-3-2-6-13(14)15(18)19/h2-3,6-7,9,12,17,23H,4-5,8,10H2,1H3,(H,18,19). The predicted molar refractivity (Wildman–Crippen MR) is 87.6 cm³/mol. The Morgan fingerprint density at radius 1 is 1.30 bits per heavy atom. The van der Waals surface area contributed by atoms with Crippen LogP contribution < -0.4 is 0 Å². The minimum atomic E-state index is -1.21. The third-order valence-corrected chi connectivity index (χ3v) is 2.94. The van der Waals surface area contributed by atoms with E-state index in [0.29, 0.717) is 19.4 Å². The normalized spacial score (nSPS) is 12.6. The first kappa shape index (κ1) is 19.1. The van der Waals surface area contributed by atoms with E-state index in [0.717, 1.165) is 4.91 Å². The van der Waals surface area contributed by atoms with Crippen molar-refractivity contribution in [1.29, 1.82) is 0 Å². The van der Waals surface area contributed by atoms with Gasteiger partial charge in [-0.25, -0.2) is 9.59 Å². The molecule has 0 spiro atoms. The van der Waals surface area contributed by atoms with Gasteiger partial charge in [-0.3, -0.25) is 0 Å². The third-order valence-electron chi connectivity index (χ3n) is 2.84. The van der Waals surface area contributed by atoms with Crippen LogP contribution in [0.2, 0.25) is 0 Å². The second-order valence-electron chi connectivity index (χ2n) is 4.88. The number of allylic oxidation sites excluding steroid dienone is 1. The number of carboxylic acid groups (broad SMARTS) is 1. The fourth-order valence-corrected chi connectivity index (χ4v) is 1.84. The highest BCUT2D eigenvalue weighted by Crippen LogP contribution is 2.11. The lowest BCUT2D eigenvalue weighted by atomic mass is 10.1. The van der Waals surface area contributed by atoms with Crippen molar-refractivity contribution >= 4 is 24.6 Å². The average molecular weight is 340 g/mol. The number of esters is 1. The van der Waals surface area contributed by atoms with E-state index in [1.165, 1.54) is 24.5 Å². The second kappa shape index (κ2) is 9.91. The first-order chi connectivity index (χ1) is 10.9. The molecule has 0 bridgehead atoms. The van der Waals surface area contributed by atoms with Crippen LogP contribution in [-0.4, -0.2) is 41.5 Å². The maximum absolute atomic E-state index is 11.9. The van der Waals surface area contributed by atoms with Crippen LogP contribution in [0.15, 0.2) is 35.4 Å². The quantitative estimate of drug-likeness (QED) is 0.277. The summed E-state index contributed by atoms with van der Waals surface area (Å²) < 4.78 is 10.1. The van der Waals surface area contributed by atoms with Crippen LogP contribution in [0.3, 0.4) is 0 Å². The van der Waals surface area contributed by atoms with E-state index in [4.69, 9.17) is 14.6 Å². The van der Waals surface area contributed by atoms with Gasteiger partial charge in [0.05, 0.1) is 30.1 Å². The van der Waals surface area contributed by atoms with Gasteiger partial charge < -0.3 is 19.7 Å². The summed E-state index contributed by atoms with van der Waals surface area (Å²) >= 11 is 4.04. The Morgan fingerprint density at radius 2 is 1.96 bits per heavy atom. The number of aromatic carboxylic acids is 1. The summed E-state index contributed by atoms with van der Waals surface area (Å²) in [5.41, 5.74) is -0.167. The lowest BCUT2D eigenvalue weighted by Gasteiger charge is -2.12. The molecule has 0 aliphatic carbocycles. The van der Waals surface area contributed by atoms with E-state index in [9.17, 15) is 14.7 Å². The summed E-state index contributed by atoms with van der Waals surface area (Å²) in [4.78, 5) is 23.7. The number of carbonyl (C=O) groups excluding carboxylic acids is 1. The Morgan fingerprint density at radius 3 is 2.57 bits per heavy atom. The van der Waals surface area contributed by atoms with Crippen molar-refractivity contribution in [2.45, 2.75) is 25.9 Å². The highest BCUT2D eigenvalue weighted by Gasteiger charge is 2.18. The first-order valence-electron chi connectivity index (χ1n) is 7.06. The van der Waals surface area contributed by atoms with E-state index < -0.39 is 18.0 Å². The zero-order chi connectivity index (χ0) is 17.2. The topological polar surface area (TPSA) is 93.1 Å². The van der Waals surface area contributed by atoms with Crippen molar-refractivity contribution in [2.24, 2.45) is 0 Å². The maximum atomic E-state index is 11.9. The Kier molecular flexibility index (Phi) is 8.21. The van der Waals surface area contributed by atoms with Crippen molar-refractivity contribution in [3.63, 3.8) is 0 Å². The van der Waals surface area contributed by atoms with Gasteiger partial charge in [-0.05, 0) is 31.9 Å². The van der Waals surface area contributed by atoms with Gasteiger partial charge in [-0.1, -0.05) is 12.1 Å². The van der Waals surface area contributed by atoms with Crippen LogP contribution in [0, 0.1) is 0 Å². The van der Waals surface area contributed by atoms with Gasteiger partial charge in [-0.15, -0.1) is 12.6 Å². The van der Waals surface area contributed by atoms with Crippen molar-refractivity contribution in [3.8, 4) is 0 Å². The number of thiol groups is 1. The highest BCUT2D eigenvalue weighted by atomic mass is 32.1. The zero-order valence-corrected chi connectivity index (χ0v) is 13.7. The highest BCUT2D eigenvalue weighted by molar-refractivity contribution is 7.84. The predicted octanol–water partition coefficient (Wildman–Crippen LogP) is 2.49. The summed E-state index contributed by atoms with van der Waals surface area (Å²) in [7, 11) is 0. The average Bonchev–Trinajstić information content (AvgIpc) is 2.51. The number of hydrogen-bond donors (Lipinski definition) is 3. The third kappa shape index (κ3) is 7.21. The zero-order valence-electron chi connectivity index (χ0n) is 12.8. The molecule has 2 N–H and O–H groups in total. The maximum Gasteiger partial charge on any atom is 0.339 e. The molecular formula is C16H20O6S. The molecule has 0 aliphatic heterocycles. The van der Waals surface area contributed by atoms with Gasteiger partial charge in [-0.2, -0.15) is 0 Å². The number of carboxylic acids is 1. The molecule has 0 aromatic heterocycles. The molecule has 126 valence electrons. The van der Waals surface area contributed by atoms with Gasteiger partial charge in [0, 0.05) is 4.91 Å². The molecule has 1 unspecified atom stereocenters. The van der Waals surface area contributed by atoms with E-state index in [1.54, 1.807) is 13.0 Å². The lowest BCUT2D eigenvalue weighted by Crippen LogP contribution is -2.20. The first-order valence-corrected chi connectivity index (χ1v) is 7.51. The molecule has 0 amide bonds. The van der Waals surface area contributed by atoms with Gasteiger partial charge >= 0.3 is 11.9 Å². The fourth-order valence-electron chi connectivity index (χ4n) is 1.76. The molecule has 0 fully saturated rings. The molecule has 1 aromatic rings. The molecule has 0 radical (unpaired) electrons. The monoisotopic (exact) mass is 340 g/mol. The van der Waals surface area contributed by atoms with Crippen LogP contribution in [0.5, 0.6) is 0 Å². The van der Waals surface area contributed by atoms with E-state index >= 15 is 0 Å². The number of carbonyl (C=O) groups is 2. The van der Waals surface area contributed by atoms with Crippen LogP contribution >= 0.6 is 12.6 Å². The molecule has 0 saturated carbocycles. The van der Waals surface area contributed by atoms with Gasteiger partial charge in [0.25, 0.3) is 0 Å². The largest absolute Gasteiger partial charge is 0.500 e. The number of rotatable bonds is 9. The minimum Gasteiger partial charge on any atom is -0.500 e. The molecule has 0 heterocycles. The second-order valence-corrected chi connectivity index (χ2v) is 5.58. The lowest BCUT2D eigenvalue weighted by molar-refractivity contribution is 0.0219. The molecule has 0 saturated heterocycles. The Labute approximate surface area is 140 Å². The molecule has 7 heteroatoms. The number of aliphatic hydroxyl groups excluding tert-OH is 1. The van der Waals surface area contributed by atoms with Crippen molar-refractivity contribution in [2.75, 3.05) is 13.2 Å². The Hall–Kier alpha value is -1.99. The van der Waals surface area contributed by atoms with Crippen LogP contribution in [-0.2, 0) is 9.47 Å². The number of ether oxygens (including phenoxy) is 2. The summed E-state index contributed by atoms with van der Waals surface area (Å²) in [6.07, 6.45) is 1.66. The Balaban J connectivity index is 2.38. The summed E-state index contributed by atoms with van der Waals surface area (Å²) in [5, 5.41) is 18.8. The SMILES string of the molecule is CC(S)=COCCCC(O)COC(=O)c1ccccc1C(=O)O. The molecule has 1 atom stereocenters. The van der Waals surface area contributed by atoms with Crippen molar-refractivity contribution < 1.29 is 29.3 Å². The number of hydrogen-bond acceptors (Lipinski definition) is 6. The smallest absolute Gasteiger partial charge is 0.339 e. The molecule has 6 nitrogen and oxygen atoms in total. The van der Waals surface area contributed by atoms with Crippen LogP contribution in [0.4, 0.5) is 0 Å². The van der Waals surface area contributed by atoms with Crippen molar-refractivity contribution in [3.05, 3.63) is 46.6 Å². The summed E-state index contributed by atoms with van der Waals surface area (Å²) in [6.45, 7) is 2.01. The van der Waals surface area contributed by atoms with Gasteiger partial charge in [0.15, 0.2) is 0 Å². The summed E-state index contributed by atoms with van der Waals surface area (Å²) in [5.74, 6) is -1.98. The van der Waals surface area contributed by atoms with E-state index in [-0.39, 0.29) is 17.7 Å². The molecule has 0 aliphatic rings. The van der Waals surface area contributed by atoms with Crippen LogP contribution in [0.1, 0.15) is 40.5 Å². The number of benzene rings is 1. The van der Waals surface area contributed by atoms with E-state index in [1.807, 2.05) is 0 Å². The van der Waals surface area contributed by atoms with E-state index in [2.05, 4.69) is 12.6 Å².